The Morgan fingerprint density at radius 1 is 1.53 bits per heavy atom. The maximum atomic E-state index is 3.50. The second-order valence-electron chi connectivity index (χ2n) is 3.85. The quantitative estimate of drug-likeness (QED) is 0.770. The molecule has 0 aromatic carbocycles. The summed E-state index contributed by atoms with van der Waals surface area (Å²) in [4.78, 5) is 0. The van der Waals surface area contributed by atoms with E-state index in [1.54, 1.807) is 0 Å². The second kappa shape index (κ2) is 6.96. The summed E-state index contributed by atoms with van der Waals surface area (Å²) in [6.07, 6.45) is 7.77. The van der Waals surface area contributed by atoms with Gasteiger partial charge in [0.25, 0.3) is 0 Å². The fourth-order valence-corrected chi connectivity index (χ4v) is 1.92. The van der Waals surface area contributed by atoms with Crippen LogP contribution >= 0.6 is 11.8 Å². The third-order valence-corrected chi connectivity index (χ3v) is 3.12. The summed E-state index contributed by atoms with van der Waals surface area (Å²) in [6.45, 7) is 6.63. The van der Waals surface area contributed by atoms with Gasteiger partial charge >= 0.3 is 0 Å². The standard InChI is InChI=1S/C12H22N2S/c1-4-6-13-11(2)12-5-7-14(10-12)8-9-15-3/h5,7,10-11,13H,4,6,8-9H2,1-3H3. The topological polar surface area (TPSA) is 17.0 Å². The van der Waals surface area contributed by atoms with E-state index in [9.17, 15) is 0 Å². The van der Waals surface area contributed by atoms with Crippen molar-refractivity contribution < 1.29 is 0 Å². The van der Waals surface area contributed by atoms with Crippen molar-refractivity contribution in [3.8, 4) is 0 Å². The van der Waals surface area contributed by atoms with E-state index in [1.807, 2.05) is 11.8 Å². The van der Waals surface area contributed by atoms with E-state index < -0.39 is 0 Å². The van der Waals surface area contributed by atoms with Crippen molar-refractivity contribution in [2.75, 3.05) is 18.6 Å². The number of hydrogen-bond donors (Lipinski definition) is 1. The number of aromatic nitrogens is 1. The molecule has 2 nitrogen and oxygen atoms in total. The highest BCUT2D eigenvalue weighted by Crippen LogP contribution is 2.12. The smallest absolute Gasteiger partial charge is 0.0310 e. The molecule has 0 saturated heterocycles. The van der Waals surface area contributed by atoms with Gasteiger partial charge in [-0.25, -0.2) is 0 Å². The van der Waals surface area contributed by atoms with E-state index in [0.29, 0.717) is 6.04 Å². The van der Waals surface area contributed by atoms with Crippen molar-refractivity contribution in [2.45, 2.75) is 32.9 Å². The lowest BCUT2D eigenvalue weighted by atomic mass is 10.2. The van der Waals surface area contributed by atoms with Crippen LogP contribution < -0.4 is 5.32 Å². The largest absolute Gasteiger partial charge is 0.353 e. The number of aryl methyl sites for hydroxylation is 1. The van der Waals surface area contributed by atoms with Gasteiger partial charge < -0.3 is 9.88 Å². The van der Waals surface area contributed by atoms with Crippen LogP contribution in [-0.2, 0) is 6.54 Å². The predicted molar refractivity (Wildman–Crippen MR) is 69.5 cm³/mol. The Morgan fingerprint density at radius 3 is 3.00 bits per heavy atom. The number of nitrogens with zero attached hydrogens (tertiary/aromatic N) is 1. The van der Waals surface area contributed by atoms with Crippen molar-refractivity contribution in [2.24, 2.45) is 0 Å². The molecule has 0 saturated carbocycles. The minimum absolute atomic E-state index is 0.473. The Hall–Kier alpha value is -0.410. The van der Waals surface area contributed by atoms with E-state index >= 15 is 0 Å². The lowest BCUT2D eigenvalue weighted by Crippen LogP contribution is -2.18. The first-order chi connectivity index (χ1) is 7.27. The number of thioether (sulfide) groups is 1. The van der Waals surface area contributed by atoms with Crippen LogP contribution in [0.4, 0.5) is 0 Å². The Bertz CT molecular complexity index is 270. The van der Waals surface area contributed by atoms with Gasteiger partial charge in [-0.15, -0.1) is 0 Å². The molecule has 0 fully saturated rings. The molecule has 0 aliphatic carbocycles. The summed E-state index contributed by atoms with van der Waals surface area (Å²) in [7, 11) is 0. The van der Waals surface area contributed by atoms with Crippen molar-refractivity contribution in [3.05, 3.63) is 24.0 Å². The molecule has 0 bridgehead atoms. The number of rotatable bonds is 7. The first-order valence-electron chi connectivity index (χ1n) is 5.66. The normalized spacial score (nSPS) is 13.0. The van der Waals surface area contributed by atoms with Crippen LogP contribution in [0.25, 0.3) is 0 Å². The number of hydrogen-bond acceptors (Lipinski definition) is 2. The Balaban J connectivity index is 2.43. The fraction of sp³-hybridized carbons (Fsp3) is 0.667. The number of nitrogens with one attached hydrogen (secondary N) is 1. The summed E-state index contributed by atoms with van der Waals surface area (Å²) in [5, 5.41) is 3.50. The summed E-state index contributed by atoms with van der Waals surface area (Å²) < 4.78 is 2.27. The van der Waals surface area contributed by atoms with Crippen LogP contribution in [0.3, 0.4) is 0 Å². The van der Waals surface area contributed by atoms with E-state index in [4.69, 9.17) is 0 Å². The van der Waals surface area contributed by atoms with Gasteiger partial charge in [0.1, 0.15) is 0 Å². The average molecular weight is 226 g/mol. The maximum absolute atomic E-state index is 3.50. The molecule has 0 aliphatic rings. The molecule has 1 heterocycles. The molecule has 1 atom stereocenters. The van der Waals surface area contributed by atoms with Gasteiger partial charge in [-0.3, -0.25) is 0 Å². The minimum Gasteiger partial charge on any atom is -0.353 e. The zero-order valence-corrected chi connectivity index (χ0v) is 10.8. The zero-order chi connectivity index (χ0) is 11.1. The summed E-state index contributed by atoms with van der Waals surface area (Å²) >= 11 is 1.89. The SMILES string of the molecule is CCCNC(C)c1ccn(CCSC)c1. The van der Waals surface area contributed by atoms with Crippen LogP contribution in [0, 0.1) is 0 Å². The van der Waals surface area contributed by atoms with Crippen molar-refractivity contribution >= 4 is 11.8 Å². The molecule has 1 unspecified atom stereocenters. The Morgan fingerprint density at radius 2 is 2.33 bits per heavy atom. The van der Waals surface area contributed by atoms with Crippen LogP contribution in [0.2, 0.25) is 0 Å². The molecule has 1 rings (SSSR count). The lowest BCUT2D eigenvalue weighted by molar-refractivity contribution is 0.569. The highest BCUT2D eigenvalue weighted by molar-refractivity contribution is 7.98. The molecule has 0 aliphatic heterocycles. The van der Waals surface area contributed by atoms with E-state index in [-0.39, 0.29) is 0 Å². The molecule has 0 amide bonds. The highest BCUT2D eigenvalue weighted by atomic mass is 32.2. The third-order valence-electron chi connectivity index (χ3n) is 2.53. The van der Waals surface area contributed by atoms with Crippen LogP contribution in [0.15, 0.2) is 18.5 Å². The summed E-state index contributed by atoms with van der Waals surface area (Å²) in [5.74, 6) is 1.19. The summed E-state index contributed by atoms with van der Waals surface area (Å²) in [6, 6.07) is 2.69. The molecule has 1 N–H and O–H groups in total. The summed E-state index contributed by atoms with van der Waals surface area (Å²) in [5.41, 5.74) is 1.39. The van der Waals surface area contributed by atoms with Gasteiger partial charge in [-0.1, -0.05) is 6.92 Å². The van der Waals surface area contributed by atoms with Crippen molar-refractivity contribution in [3.63, 3.8) is 0 Å². The molecule has 15 heavy (non-hydrogen) atoms. The van der Waals surface area contributed by atoms with E-state index in [0.717, 1.165) is 13.1 Å². The highest BCUT2D eigenvalue weighted by Gasteiger charge is 2.05. The zero-order valence-electron chi connectivity index (χ0n) is 9.99. The lowest BCUT2D eigenvalue weighted by Gasteiger charge is -2.11. The van der Waals surface area contributed by atoms with Crippen molar-refractivity contribution in [1.29, 1.82) is 0 Å². The van der Waals surface area contributed by atoms with Gasteiger partial charge in [-0.2, -0.15) is 11.8 Å². The molecule has 0 spiro atoms. The second-order valence-corrected chi connectivity index (χ2v) is 4.84. The first kappa shape index (κ1) is 12.7. The molecular formula is C12H22N2S. The third kappa shape index (κ3) is 4.31. The Labute approximate surface area is 97.4 Å². The van der Waals surface area contributed by atoms with Crippen molar-refractivity contribution in [1.82, 2.24) is 9.88 Å². The Kier molecular flexibility index (Phi) is 5.88. The van der Waals surface area contributed by atoms with E-state index in [1.165, 1.54) is 17.7 Å². The van der Waals surface area contributed by atoms with Gasteiger partial charge in [0.05, 0.1) is 0 Å². The molecule has 0 radical (unpaired) electrons. The fourth-order valence-electron chi connectivity index (χ4n) is 1.53. The van der Waals surface area contributed by atoms with Gasteiger partial charge in [0.2, 0.25) is 0 Å². The molecular weight excluding hydrogens is 204 g/mol. The van der Waals surface area contributed by atoms with Gasteiger partial charge in [0, 0.05) is 30.7 Å². The first-order valence-corrected chi connectivity index (χ1v) is 7.05. The van der Waals surface area contributed by atoms with Crippen LogP contribution in [0.1, 0.15) is 31.9 Å². The molecule has 1 aromatic rings. The maximum Gasteiger partial charge on any atom is 0.0310 e. The van der Waals surface area contributed by atoms with E-state index in [2.05, 4.69) is 48.4 Å². The predicted octanol–water partition coefficient (Wildman–Crippen LogP) is 2.91. The molecule has 1 aromatic heterocycles. The van der Waals surface area contributed by atoms with Gasteiger partial charge in [0.15, 0.2) is 0 Å². The minimum atomic E-state index is 0.473. The van der Waals surface area contributed by atoms with Gasteiger partial charge in [-0.05, 0) is 37.8 Å². The van der Waals surface area contributed by atoms with Crippen LogP contribution in [0.5, 0.6) is 0 Å². The molecule has 86 valence electrons. The molecule has 3 heteroatoms. The average Bonchev–Trinajstić information content (AvgIpc) is 2.71. The van der Waals surface area contributed by atoms with Crippen LogP contribution in [-0.4, -0.2) is 23.1 Å². The monoisotopic (exact) mass is 226 g/mol.